The van der Waals surface area contributed by atoms with E-state index in [9.17, 15) is 9.59 Å². The van der Waals surface area contributed by atoms with Crippen LogP contribution in [0.2, 0.25) is 0 Å². The molecule has 0 N–H and O–H groups in total. The minimum atomic E-state index is -0.447. The van der Waals surface area contributed by atoms with Crippen LogP contribution in [-0.4, -0.2) is 26.2 Å². The van der Waals surface area contributed by atoms with Crippen molar-refractivity contribution in [3.05, 3.63) is 23.3 Å². The molecule has 1 aliphatic carbocycles. The van der Waals surface area contributed by atoms with Crippen molar-refractivity contribution in [3.8, 4) is 0 Å². The first-order valence-corrected chi connectivity index (χ1v) is 8.63. The lowest BCUT2D eigenvalue weighted by atomic mass is 9.75. The number of carbonyl (C=O) groups excluding carboxylic acids is 2. The summed E-state index contributed by atoms with van der Waals surface area (Å²) in [5.74, 6) is -1.21. The molecule has 0 aromatic heterocycles. The first-order valence-electron chi connectivity index (χ1n) is 8.63. The number of ether oxygens (including phenoxy) is 2. The van der Waals surface area contributed by atoms with E-state index in [2.05, 4.69) is 46.8 Å². The third kappa shape index (κ3) is 5.22. The van der Waals surface area contributed by atoms with Gasteiger partial charge in [-0.05, 0) is 37.5 Å². The molecule has 4 nitrogen and oxygen atoms in total. The molecule has 1 rings (SSSR count). The van der Waals surface area contributed by atoms with Gasteiger partial charge in [0.2, 0.25) is 0 Å². The van der Waals surface area contributed by atoms with Crippen molar-refractivity contribution in [1.29, 1.82) is 0 Å². The number of hydrogen-bond acceptors (Lipinski definition) is 4. The molecular weight excluding hydrogens is 304 g/mol. The summed E-state index contributed by atoms with van der Waals surface area (Å²) in [5, 5.41) is 0. The lowest BCUT2D eigenvalue weighted by molar-refractivity contribution is -0.157. The van der Waals surface area contributed by atoms with Crippen molar-refractivity contribution in [2.24, 2.45) is 23.2 Å². The van der Waals surface area contributed by atoms with Crippen molar-refractivity contribution in [2.45, 2.75) is 53.9 Å². The minimum Gasteiger partial charge on any atom is -0.469 e. The van der Waals surface area contributed by atoms with Gasteiger partial charge in [0.05, 0.1) is 26.1 Å². The topological polar surface area (TPSA) is 52.6 Å². The van der Waals surface area contributed by atoms with Crippen LogP contribution in [0.3, 0.4) is 0 Å². The maximum Gasteiger partial charge on any atom is 0.309 e. The molecule has 0 radical (unpaired) electrons. The van der Waals surface area contributed by atoms with Crippen LogP contribution in [-0.2, 0) is 19.1 Å². The Balaban J connectivity index is 2.88. The molecule has 136 valence electrons. The van der Waals surface area contributed by atoms with Crippen LogP contribution in [0.1, 0.15) is 53.9 Å². The smallest absolute Gasteiger partial charge is 0.309 e. The molecule has 24 heavy (non-hydrogen) atoms. The molecule has 4 heteroatoms. The summed E-state index contributed by atoms with van der Waals surface area (Å²) < 4.78 is 9.74. The Kier molecular flexibility index (Phi) is 7.25. The van der Waals surface area contributed by atoms with Crippen molar-refractivity contribution >= 4 is 11.9 Å². The zero-order valence-corrected chi connectivity index (χ0v) is 16.1. The van der Waals surface area contributed by atoms with Crippen LogP contribution in [0, 0.1) is 23.2 Å². The summed E-state index contributed by atoms with van der Waals surface area (Å²) in [4.78, 5) is 24.0. The molecule has 0 saturated heterocycles. The molecule has 0 saturated carbocycles. The highest BCUT2D eigenvalue weighted by Crippen LogP contribution is 2.36. The molecule has 0 heterocycles. The van der Waals surface area contributed by atoms with Crippen molar-refractivity contribution < 1.29 is 19.1 Å². The third-order valence-corrected chi connectivity index (χ3v) is 5.18. The minimum absolute atomic E-state index is 0.172. The van der Waals surface area contributed by atoms with E-state index in [1.54, 1.807) is 0 Å². The summed E-state index contributed by atoms with van der Waals surface area (Å²) in [5.41, 5.74) is 2.76. The van der Waals surface area contributed by atoms with E-state index in [0.29, 0.717) is 18.8 Å². The molecule has 3 unspecified atom stereocenters. The normalized spacial score (nSPS) is 23.3. The average molecular weight is 336 g/mol. The Morgan fingerprint density at radius 1 is 1.21 bits per heavy atom. The van der Waals surface area contributed by atoms with Gasteiger partial charge in [0.15, 0.2) is 0 Å². The Hall–Kier alpha value is -1.58. The predicted molar refractivity (Wildman–Crippen MR) is 95.3 cm³/mol. The maximum atomic E-state index is 12.1. The Morgan fingerprint density at radius 2 is 1.75 bits per heavy atom. The van der Waals surface area contributed by atoms with Crippen molar-refractivity contribution in [2.75, 3.05) is 14.2 Å². The zero-order chi connectivity index (χ0) is 18.5. The number of allylic oxidation sites excluding steroid dienone is 4. The van der Waals surface area contributed by atoms with Gasteiger partial charge in [0.25, 0.3) is 0 Å². The summed E-state index contributed by atoms with van der Waals surface area (Å²) >= 11 is 0. The van der Waals surface area contributed by atoms with E-state index in [0.717, 1.165) is 6.42 Å². The highest BCUT2D eigenvalue weighted by atomic mass is 16.5. The predicted octanol–water partition coefficient (Wildman–Crippen LogP) is 4.30. The molecule has 3 atom stereocenters. The summed E-state index contributed by atoms with van der Waals surface area (Å²) in [6, 6.07) is 0. The summed E-state index contributed by atoms with van der Waals surface area (Å²) in [6.45, 7) is 10.9. The third-order valence-electron chi connectivity index (χ3n) is 5.18. The van der Waals surface area contributed by atoms with Crippen LogP contribution in [0.4, 0.5) is 0 Å². The second kappa shape index (κ2) is 8.50. The molecule has 0 spiro atoms. The van der Waals surface area contributed by atoms with E-state index in [1.807, 2.05) is 0 Å². The Bertz CT molecular complexity index is 522. The van der Waals surface area contributed by atoms with E-state index in [1.165, 1.54) is 25.4 Å². The van der Waals surface area contributed by atoms with Crippen molar-refractivity contribution in [3.63, 3.8) is 0 Å². The molecule has 0 fully saturated rings. The molecule has 0 amide bonds. The highest BCUT2D eigenvalue weighted by molar-refractivity contribution is 5.82. The fourth-order valence-electron chi connectivity index (χ4n) is 2.95. The number of hydrogen-bond donors (Lipinski definition) is 0. The van der Waals surface area contributed by atoms with Gasteiger partial charge in [-0.1, -0.05) is 51.0 Å². The van der Waals surface area contributed by atoms with Gasteiger partial charge in [-0.2, -0.15) is 0 Å². The largest absolute Gasteiger partial charge is 0.469 e. The summed E-state index contributed by atoms with van der Waals surface area (Å²) in [6.07, 6.45) is 6.42. The first kappa shape index (κ1) is 20.5. The van der Waals surface area contributed by atoms with Crippen LogP contribution in [0.15, 0.2) is 23.3 Å². The van der Waals surface area contributed by atoms with Gasteiger partial charge in [-0.25, -0.2) is 0 Å². The Morgan fingerprint density at radius 3 is 2.25 bits per heavy atom. The number of rotatable bonds is 5. The zero-order valence-electron chi connectivity index (χ0n) is 16.1. The molecule has 0 aromatic rings. The first-order chi connectivity index (χ1) is 11.1. The fraction of sp³-hybridized carbons (Fsp3) is 0.700. The summed E-state index contributed by atoms with van der Waals surface area (Å²) in [7, 11) is 2.73. The fourth-order valence-corrected chi connectivity index (χ4v) is 2.95. The van der Waals surface area contributed by atoms with Crippen LogP contribution >= 0.6 is 0 Å². The van der Waals surface area contributed by atoms with E-state index in [-0.39, 0.29) is 17.4 Å². The second-order valence-corrected chi connectivity index (χ2v) is 7.75. The SMILES string of the molecule is COC(=O)C1CC=C(C(C)C/C=C(\C)C(C)(C)C)CC1C(=O)OC. The number of carbonyl (C=O) groups is 2. The molecular formula is C20H32O4. The number of methoxy groups -OCH3 is 2. The quantitative estimate of drug-likeness (QED) is 0.555. The van der Waals surface area contributed by atoms with Gasteiger partial charge in [-0.3, -0.25) is 9.59 Å². The van der Waals surface area contributed by atoms with Crippen LogP contribution in [0.25, 0.3) is 0 Å². The van der Waals surface area contributed by atoms with E-state index >= 15 is 0 Å². The van der Waals surface area contributed by atoms with Gasteiger partial charge < -0.3 is 9.47 Å². The van der Waals surface area contributed by atoms with Gasteiger partial charge in [0, 0.05) is 0 Å². The van der Waals surface area contributed by atoms with Crippen LogP contribution in [0.5, 0.6) is 0 Å². The molecule has 0 aromatic carbocycles. The average Bonchev–Trinajstić information content (AvgIpc) is 2.56. The van der Waals surface area contributed by atoms with Gasteiger partial charge >= 0.3 is 11.9 Å². The monoisotopic (exact) mass is 336 g/mol. The molecule has 0 aliphatic heterocycles. The highest BCUT2D eigenvalue weighted by Gasteiger charge is 2.38. The van der Waals surface area contributed by atoms with E-state index in [4.69, 9.17) is 9.47 Å². The van der Waals surface area contributed by atoms with Gasteiger partial charge in [-0.15, -0.1) is 0 Å². The lowest BCUT2D eigenvalue weighted by Gasteiger charge is -2.30. The van der Waals surface area contributed by atoms with E-state index < -0.39 is 11.8 Å². The Labute approximate surface area is 146 Å². The molecule has 0 bridgehead atoms. The maximum absolute atomic E-state index is 12.1. The lowest BCUT2D eigenvalue weighted by Crippen LogP contribution is -2.34. The van der Waals surface area contributed by atoms with Crippen LogP contribution < -0.4 is 0 Å². The van der Waals surface area contributed by atoms with Crippen molar-refractivity contribution in [1.82, 2.24) is 0 Å². The number of esters is 2. The standard InChI is InChI=1S/C20H32O4/c1-13(8-9-14(2)20(3,4)5)15-10-11-16(18(21)23-6)17(12-15)19(22)24-7/h9-10,13,16-17H,8,11-12H2,1-7H3/b14-9+. The van der Waals surface area contributed by atoms with Gasteiger partial charge in [0.1, 0.15) is 0 Å². The second-order valence-electron chi connectivity index (χ2n) is 7.75. The molecule has 1 aliphatic rings.